The first-order valence-corrected chi connectivity index (χ1v) is 10.4. The molecule has 2 atom stereocenters. The molecular formula is C22H27ClFN5O. The minimum absolute atomic E-state index is 0. The second-order valence-corrected chi connectivity index (χ2v) is 8.37. The van der Waals surface area contributed by atoms with Crippen LogP contribution in [-0.4, -0.2) is 52.0 Å². The number of benzene rings is 1. The van der Waals surface area contributed by atoms with Crippen LogP contribution in [0.1, 0.15) is 24.1 Å². The molecule has 0 spiro atoms. The number of hydrogen-bond donors (Lipinski definition) is 2. The van der Waals surface area contributed by atoms with Gasteiger partial charge < -0.3 is 15.2 Å². The summed E-state index contributed by atoms with van der Waals surface area (Å²) >= 11 is 0. The van der Waals surface area contributed by atoms with Crippen molar-refractivity contribution in [2.75, 3.05) is 26.7 Å². The minimum Gasteiger partial charge on any atom is -0.314 e. The Balaban J connectivity index is 0.00000218. The molecule has 1 fully saturated rings. The Morgan fingerprint density at radius 3 is 2.93 bits per heavy atom. The van der Waals surface area contributed by atoms with Gasteiger partial charge in [0.2, 0.25) is 0 Å². The van der Waals surface area contributed by atoms with Crippen LogP contribution in [0.25, 0.3) is 16.9 Å². The molecule has 3 heterocycles. The molecule has 2 N–H and O–H groups in total. The van der Waals surface area contributed by atoms with E-state index in [1.54, 1.807) is 24.4 Å². The van der Waals surface area contributed by atoms with E-state index < -0.39 is 0 Å². The van der Waals surface area contributed by atoms with Gasteiger partial charge in [-0.15, -0.1) is 12.4 Å². The molecule has 30 heavy (non-hydrogen) atoms. The summed E-state index contributed by atoms with van der Waals surface area (Å²) in [4.78, 5) is 22.8. The quantitative estimate of drug-likeness (QED) is 0.669. The van der Waals surface area contributed by atoms with E-state index >= 15 is 0 Å². The molecule has 1 aliphatic carbocycles. The average molecular weight is 432 g/mol. The van der Waals surface area contributed by atoms with Gasteiger partial charge in [0.05, 0.1) is 5.69 Å². The highest BCUT2D eigenvalue weighted by molar-refractivity contribution is 5.85. The highest BCUT2D eigenvalue weighted by atomic mass is 35.5. The largest absolute Gasteiger partial charge is 0.331 e. The number of nitrogens with one attached hydrogen (secondary N) is 2. The van der Waals surface area contributed by atoms with Crippen LogP contribution in [0.3, 0.4) is 0 Å². The summed E-state index contributed by atoms with van der Waals surface area (Å²) in [7, 11) is 2.20. The summed E-state index contributed by atoms with van der Waals surface area (Å²) < 4.78 is 15.8. The Kier molecular flexibility index (Phi) is 5.95. The van der Waals surface area contributed by atoms with Crippen LogP contribution < -0.4 is 11.0 Å². The summed E-state index contributed by atoms with van der Waals surface area (Å²) in [5.41, 5.74) is 3.48. The van der Waals surface area contributed by atoms with Crippen LogP contribution in [0.2, 0.25) is 0 Å². The Bertz CT molecular complexity index is 1110. The third-order valence-electron chi connectivity index (χ3n) is 6.51. The second kappa shape index (κ2) is 8.49. The molecule has 1 aliphatic heterocycles. The maximum Gasteiger partial charge on any atom is 0.331 e. The van der Waals surface area contributed by atoms with Crippen molar-refractivity contribution >= 4 is 18.1 Å². The molecule has 5 rings (SSSR count). The number of likely N-dealkylation sites (N-methyl/N-ethyl adjacent to an activating group) is 1. The summed E-state index contributed by atoms with van der Waals surface area (Å²) in [6.45, 7) is 3.16. The van der Waals surface area contributed by atoms with Gasteiger partial charge in [-0.05, 0) is 50.8 Å². The summed E-state index contributed by atoms with van der Waals surface area (Å²) in [5, 5.41) is 3.50. The Labute approximate surface area is 180 Å². The van der Waals surface area contributed by atoms with E-state index in [-0.39, 0.29) is 23.9 Å². The fourth-order valence-corrected chi connectivity index (χ4v) is 4.83. The van der Waals surface area contributed by atoms with Crippen molar-refractivity contribution in [3.8, 4) is 11.3 Å². The lowest BCUT2D eigenvalue weighted by molar-refractivity contribution is 0.165. The summed E-state index contributed by atoms with van der Waals surface area (Å²) in [6.07, 6.45) is 5.61. The number of H-pyrrole nitrogens is 1. The smallest absolute Gasteiger partial charge is 0.314 e. The molecule has 0 radical (unpaired) electrons. The third kappa shape index (κ3) is 3.77. The SMILES string of the molecule is CN1CCNCC1CC1CCc2[nH]c(=O)n3cc(-c4ccccc4F)nc3c2C1.Cl. The normalized spacial score (nSPS) is 21.9. The number of aryl methyl sites for hydroxylation is 1. The molecular weight excluding hydrogens is 405 g/mol. The molecule has 0 saturated carbocycles. The number of aromatic nitrogens is 3. The van der Waals surface area contributed by atoms with Crippen LogP contribution in [0.15, 0.2) is 35.3 Å². The van der Waals surface area contributed by atoms with E-state index in [4.69, 9.17) is 4.98 Å². The van der Waals surface area contributed by atoms with Crippen LogP contribution in [0, 0.1) is 11.7 Å². The first-order chi connectivity index (χ1) is 14.1. The molecule has 6 nitrogen and oxygen atoms in total. The third-order valence-corrected chi connectivity index (χ3v) is 6.51. The zero-order valence-electron chi connectivity index (χ0n) is 17.0. The van der Waals surface area contributed by atoms with Gasteiger partial charge in [0.15, 0.2) is 0 Å². The van der Waals surface area contributed by atoms with E-state index in [1.165, 1.54) is 10.5 Å². The monoisotopic (exact) mass is 431 g/mol. The summed E-state index contributed by atoms with van der Waals surface area (Å²) in [5.74, 6) is 0.227. The van der Waals surface area contributed by atoms with Crippen LogP contribution in [-0.2, 0) is 12.8 Å². The topological polar surface area (TPSA) is 65.4 Å². The number of aromatic amines is 1. The van der Waals surface area contributed by atoms with Crippen molar-refractivity contribution in [3.05, 3.63) is 58.0 Å². The van der Waals surface area contributed by atoms with Gasteiger partial charge in [0, 0.05) is 48.7 Å². The number of hydrogen-bond acceptors (Lipinski definition) is 4. The average Bonchev–Trinajstić information content (AvgIpc) is 3.17. The van der Waals surface area contributed by atoms with E-state index in [9.17, 15) is 9.18 Å². The van der Waals surface area contributed by atoms with Crippen molar-refractivity contribution in [2.45, 2.75) is 31.7 Å². The highest BCUT2D eigenvalue weighted by Crippen LogP contribution is 2.31. The standard InChI is InChI=1S/C22H26FN5O.ClH/c1-27-9-8-24-12-15(27)10-14-6-7-19-17(11-14)21-25-20(13-28(21)22(29)26-19)16-4-2-3-5-18(16)23;/h2-5,13-15,24H,6-12H2,1H3,(H,26,29);1H. The van der Waals surface area contributed by atoms with Crippen LogP contribution >= 0.6 is 12.4 Å². The molecule has 1 aromatic carbocycles. The number of nitrogens with zero attached hydrogens (tertiary/aromatic N) is 3. The van der Waals surface area contributed by atoms with Gasteiger partial charge in [0.1, 0.15) is 11.5 Å². The van der Waals surface area contributed by atoms with Gasteiger partial charge in [-0.2, -0.15) is 0 Å². The number of fused-ring (bicyclic) bond motifs is 3. The highest BCUT2D eigenvalue weighted by Gasteiger charge is 2.28. The Morgan fingerprint density at radius 2 is 2.13 bits per heavy atom. The lowest BCUT2D eigenvalue weighted by Crippen LogP contribution is -2.50. The fourth-order valence-electron chi connectivity index (χ4n) is 4.83. The molecule has 1 saturated heterocycles. The van der Waals surface area contributed by atoms with Crippen molar-refractivity contribution in [1.29, 1.82) is 0 Å². The molecule has 0 bridgehead atoms. The lowest BCUT2D eigenvalue weighted by Gasteiger charge is -2.36. The maximum atomic E-state index is 14.3. The van der Waals surface area contributed by atoms with Gasteiger partial charge in [-0.3, -0.25) is 4.40 Å². The molecule has 0 amide bonds. The number of imidazole rings is 1. The molecule has 2 unspecified atom stereocenters. The minimum atomic E-state index is -0.327. The summed E-state index contributed by atoms with van der Waals surface area (Å²) in [6, 6.07) is 7.11. The first-order valence-electron chi connectivity index (χ1n) is 10.4. The molecule has 2 aromatic heterocycles. The number of halogens is 2. The number of rotatable bonds is 3. The van der Waals surface area contributed by atoms with E-state index in [2.05, 4.69) is 22.2 Å². The maximum absolute atomic E-state index is 14.3. The Hall–Kier alpha value is -2.22. The Morgan fingerprint density at radius 1 is 1.30 bits per heavy atom. The number of piperazine rings is 1. The predicted molar refractivity (Wildman–Crippen MR) is 118 cm³/mol. The van der Waals surface area contributed by atoms with Gasteiger partial charge in [-0.1, -0.05) is 12.1 Å². The van der Waals surface area contributed by atoms with Gasteiger partial charge in [0.25, 0.3) is 0 Å². The van der Waals surface area contributed by atoms with E-state index in [1.807, 2.05) is 0 Å². The molecule has 8 heteroatoms. The van der Waals surface area contributed by atoms with Gasteiger partial charge >= 0.3 is 5.69 Å². The van der Waals surface area contributed by atoms with Crippen molar-refractivity contribution in [1.82, 2.24) is 24.6 Å². The van der Waals surface area contributed by atoms with Crippen molar-refractivity contribution in [3.63, 3.8) is 0 Å². The molecule has 2 aliphatic rings. The van der Waals surface area contributed by atoms with Crippen LogP contribution in [0.5, 0.6) is 0 Å². The lowest BCUT2D eigenvalue weighted by atomic mass is 9.82. The predicted octanol–water partition coefficient (Wildman–Crippen LogP) is 2.65. The van der Waals surface area contributed by atoms with E-state index in [0.29, 0.717) is 28.9 Å². The fraction of sp³-hybridized carbons (Fsp3) is 0.455. The van der Waals surface area contributed by atoms with Gasteiger partial charge in [-0.25, -0.2) is 14.2 Å². The van der Waals surface area contributed by atoms with Crippen molar-refractivity contribution < 1.29 is 4.39 Å². The first kappa shape index (κ1) is 21.0. The van der Waals surface area contributed by atoms with Crippen molar-refractivity contribution in [2.24, 2.45) is 5.92 Å². The van der Waals surface area contributed by atoms with Crippen LogP contribution in [0.4, 0.5) is 4.39 Å². The second-order valence-electron chi connectivity index (χ2n) is 8.37. The molecule has 160 valence electrons. The zero-order valence-corrected chi connectivity index (χ0v) is 17.8. The zero-order chi connectivity index (χ0) is 20.0. The molecule has 3 aromatic rings. The van der Waals surface area contributed by atoms with E-state index in [0.717, 1.165) is 56.6 Å².